The zero-order chi connectivity index (χ0) is 26.8. The molecule has 0 aliphatic carbocycles. The van der Waals surface area contributed by atoms with Crippen LogP contribution in [0.4, 0.5) is 10.1 Å². The van der Waals surface area contributed by atoms with Gasteiger partial charge in [0.25, 0.3) is 10.0 Å². The average molecular weight is 526 g/mol. The van der Waals surface area contributed by atoms with Crippen LogP contribution < -0.4 is 9.62 Å². The third-order valence-electron chi connectivity index (χ3n) is 5.93. The summed E-state index contributed by atoms with van der Waals surface area (Å²) in [6.07, 6.45) is 1.24. The molecule has 0 saturated heterocycles. The zero-order valence-electron chi connectivity index (χ0n) is 21.0. The van der Waals surface area contributed by atoms with Crippen molar-refractivity contribution in [2.24, 2.45) is 0 Å². The molecule has 0 bridgehead atoms. The van der Waals surface area contributed by atoms with Gasteiger partial charge in [-0.25, -0.2) is 12.8 Å². The molecule has 0 unspecified atom stereocenters. The standard InChI is InChI=1S/C28H32FN3O4S/c1-3-19-30-28(34)22(2)31(20-18-23-10-6-4-7-11-23)27(33)21-32(25-12-8-5-9-13-25)37(35,36)26-16-14-24(29)15-17-26/h4-17,22H,3,18-21H2,1-2H3,(H,30,34)/t22-/m1/s1. The smallest absolute Gasteiger partial charge is 0.264 e. The first-order chi connectivity index (χ1) is 17.7. The number of amides is 2. The monoisotopic (exact) mass is 525 g/mol. The Kier molecular flexibility index (Phi) is 9.79. The van der Waals surface area contributed by atoms with Crippen LogP contribution in [0, 0.1) is 5.82 Å². The van der Waals surface area contributed by atoms with Gasteiger partial charge in [0.1, 0.15) is 18.4 Å². The van der Waals surface area contributed by atoms with Gasteiger partial charge in [0.05, 0.1) is 10.6 Å². The van der Waals surface area contributed by atoms with E-state index in [1.807, 2.05) is 37.3 Å². The molecule has 0 spiro atoms. The Morgan fingerprint density at radius 3 is 2.11 bits per heavy atom. The fourth-order valence-corrected chi connectivity index (χ4v) is 5.24. The molecule has 0 aliphatic rings. The number of nitrogens with one attached hydrogen (secondary N) is 1. The van der Waals surface area contributed by atoms with Gasteiger partial charge in [-0.05, 0) is 61.7 Å². The third-order valence-corrected chi connectivity index (χ3v) is 7.71. The SMILES string of the molecule is CCCNC(=O)[C@@H](C)N(CCc1ccccc1)C(=O)CN(c1ccccc1)S(=O)(=O)c1ccc(F)cc1. The molecule has 7 nitrogen and oxygen atoms in total. The summed E-state index contributed by atoms with van der Waals surface area (Å²) in [5.74, 6) is -1.40. The molecule has 0 aliphatic heterocycles. The van der Waals surface area contributed by atoms with E-state index in [1.165, 1.54) is 17.0 Å². The second kappa shape index (κ2) is 13.0. The lowest BCUT2D eigenvalue weighted by atomic mass is 10.1. The van der Waals surface area contributed by atoms with E-state index >= 15 is 0 Å². The Morgan fingerprint density at radius 1 is 0.919 bits per heavy atom. The van der Waals surface area contributed by atoms with Crippen LogP contribution in [0.25, 0.3) is 0 Å². The van der Waals surface area contributed by atoms with Crippen LogP contribution in [-0.2, 0) is 26.0 Å². The average Bonchev–Trinajstić information content (AvgIpc) is 2.91. The predicted octanol–water partition coefficient (Wildman–Crippen LogP) is 4.01. The fourth-order valence-electron chi connectivity index (χ4n) is 3.82. The van der Waals surface area contributed by atoms with Gasteiger partial charge in [0.2, 0.25) is 11.8 Å². The lowest BCUT2D eigenvalue weighted by molar-refractivity contribution is -0.138. The summed E-state index contributed by atoms with van der Waals surface area (Å²) in [5.41, 5.74) is 1.27. The molecule has 9 heteroatoms. The number of halogens is 1. The molecule has 1 N–H and O–H groups in total. The van der Waals surface area contributed by atoms with Crippen LogP contribution in [0.15, 0.2) is 89.8 Å². The third kappa shape index (κ3) is 7.39. The van der Waals surface area contributed by atoms with Crippen LogP contribution >= 0.6 is 0 Å². The number of hydrogen-bond donors (Lipinski definition) is 1. The molecule has 0 saturated carbocycles. The number of rotatable bonds is 12. The summed E-state index contributed by atoms with van der Waals surface area (Å²) < 4.78 is 41.6. The van der Waals surface area contributed by atoms with Gasteiger partial charge in [0, 0.05) is 13.1 Å². The number of anilines is 1. The molecule has 0 fully saturated rings. The molecular weight excluding hydrogens is 493 g/mol. The Labute approximate surface area is 218 Å². The highest BCUT2D eigenvalue weighted by Gasteiger charge is 2.32. The Bertz CT molecular complexity index is 1270. The highest BCUT2D eigenvalue weighted by atomic mass is 32.2. The number of carbonyl (C=O) groups excluding carboxylic acids is 2. The van der Waals surface area contributed by atoms with Crippen molar-refractivity contribution in [3.63, 3.8) is 0 Å². The summed E-state index contributed by atoms with van der Waals surface area (Å²) in [5, 5.41) is 2.81. The van der Waals surface area contributed by atoms with Gasteiger partial charge in [-0.15, -0.1) is 0 Å². The predicted molar refractivity (Wildman–Crippen MR) is 142 cm³/mol. The van der Waals surface area contributed by atoms with Crippen molar-refractivity contribution in [3.05, 3.63) is 96.3 Å². The van der Waals surface area contributed by atoms with E-state index < -0.39 is 34.3 Å². The van der Waals surface area contributed by atoms with Crippen molar-refractivity contribution in [2.45, 2.75) is 37.6 Å². The maximum atomic E-state index is 13.7. The Morgan fingerprint density at radius 2 is 1.51 bits per heavy atom. The van der Waals surface area contributed by atoms with Gasteiger partial charge in [-0.2, -0.15) is 0 Å². The van der Waals surface area contributed by atoms with Crippen molar-refractivity contribution in [3.8, 4) is 0 Å². The minimum absolute atomic E-state index is 0.143. The Hall–Kier alpha value is -3.72. The quantitative estimate of drug-likeness (QED) is 0.387. The number of para-hydroxylation sites is 1. The minimum Gasteiger partial charge on any atom is -0.354 e. The molecular formula is C28H32FN3O4S. The number of sulfonamides is 1. The van der Waals surface area contributed by atoms with E-state index in [4.69, 9.17) is 0 Å². The zero-order valence-corrected chi connectivity index (χ0v) is 21.8. The van der Waals surface area contributed by atoms with E-state index in [-0.39, 0.29) is 23.0 Å². The topological polar surface area (TPSA) is 86.8 Å². The van der Waals surface area contributed by atoms with Gasteiger partial charge >= 0.3 is 0 Å². The maximum Gasteiger partial charge on any atom is 0.264 e. The number of hydrogen-bond acceptors (Lipinski definition) is 4. The van der Waals surface area contributed by atoms with E-state index in [0.29, 0.717) is 13.0 Å². The molecule has 37 heavy (non-hydrogen) atoms. The van der Waals surface area contributed by atoms with Crippen LogP contribution in [-0.4, -0.2) is 50.8 Å². The molecule has 3 aromatic rings. The van der Waals surface area contributed by atoms with Crippen LogP contribution in [0.3, 0.4) is 0 Å². The van der Waals surface area contributed by atoms with Crippen molar-refractivity contribution < 1.29 is 22.4 Å². The van der Waals surface area contributed by atoms with E-state index in [1.54, 1.807) is 37.3 Å². The van der Waals surface area contributed by atoms with Crippen molar-refractivity contribution >= 4 is 27.5 Å². The van der Waals surface area contributed by atoms with Gasteiger partial charge in [0.15, 0.2) is 0 Å². The van der Waals surface area contributed by atoms with Crippen LogP contribution in [0.2, 0.25) is 0 Å². The van der Waals surface area contributed by atoms with Gasteiger partial charge in [-0.1, -0.05) is 55.5 Å². The molecule has 3 aromatic carbocycles. The summed E-state index contributed by atoms with van der Waals surface area (Å²) in [7, 11) is -4.21. The fraction of sp³-hybridized carbons (Fsp3) is 0.286. The molecule has 0 heterocycles. The Balaban J connectivity index is 1.93. The second-order valence-electron chi connectivity index (χ2n) is 8.59. The summed E-state index contributed by atoms with van der Waals surface area (Å²) >= 11 is 0. The maximum absolute atomic E-state index is 13.7. The highest BCUT2D eigenvalue weighted by Crippen LogP contribution is 2.24. The van der Waals surface area contributed by atoms with E-state index in [0.717, 1.165) is 28.4 Å². The molecule has 3 rings (SSSR count). The van der Waals surface area contributed by atoms with Crippen molar-refractivity contribution in [1.82, 2.24) is 10.2 Å². The van der Waals surface area contributed by atoms with Gasteiger partial charge in [-0.3, -0.25) is 13.9 Å². The van der Waals surface area contributed by atoms with E-state index in [2.05, 4.69) is 5.32 Å². The van der Waals surface area contributed by atoms with Crippen LogP contribution in [0.1, 0.15) is 25.8 Å². The van der Waals surface area contributed by atoms with Crippen molar-refractivity contribution in [2.75, 3.05) is 23.9 Å². The minimum atomic E-state index is -4.21. The summed E-state index contributed by atoms with van der Waals surface area (Å²) in [6, 6.07) is 21.4. The van der Waals surface area contributed by atoms with Crippen molar-refractivity contribution in [1.29, 1.82) is 0 Å². The lowest BCUT2D eigenvalue weighted by Gasteiger charge is -2.32. The molecule has 1 atom stereocenters. The van der Waals surface area contributed by atoms with Crippen LogP contribution in [0.5, 0.6) is 0 Å². The number of benzene rings is 3. The number of nitrogens with zero attached hydrogens (tertiary/aromatic N) is 2. The largest absolute Gasteiger partial charge is 0.354 e. The summed E-state index contributed by atoms with van der Waals surface area (Å²) in [6.45, 7) is 3.74. The first-order valence-electron chi connectivity index (χ1n) is 12.2. The highest BCUT2D eigenvalue weighted by molar-refractivity contribution is 7.92. The molecule has 0 aromatic heterocycles. The van der Waals surface area contributed by atoms with Gasteiger partial charge < -0.3 is 10.2 Å². The molecule has 0 radical (unpaired) electrons. The summed E-state index contributed by atoms with van der Waals surface area (Å²) in [4.78, 5) is 27.7. The first kappa shape index (κ1) is 27.9. The second-order valence-corrected chi connectivity index (χ2v) is 10.5. The number of carbonyl (C=O) groups is 2. The van der Waals surface area contributed by atoms with E-state index in [9.17, 15) is 22.4 Å². The first-order valence-corrected chi connectivity index (χ1v) is 13.6. The normalized spacial score (nSPS) is 12.0. The lowest BCUT2D eigenvalue weighted by Crippen LogP contribution is -2.52. The molecule has 196 valence electrons. The molecule has 2 amide bonds.